The van der Waals surface area contributed by atoms with Crippen LogP contribution >= 0.6 is 0 Å². The molecule has 1 aliphatic heterocycles. The number of piperidine rings is 1. The standard InChI is InChI=1S/C27H39N3O3/c1-18-3-4-24(11-19(18)2)33-23-6-9-30(10-7-23)25(31)5-8-28-26(32)29-27-15-20-12-21(16-27)14-22(13-20)17-27/h3-4,11,20-23H,5-10,12-17H2,1-2H3,(H2,28,29,32). The van der Waals surface area contributed by atoms with Crippen molar-refractivity contribution in [2.45, 2.75) is 83.3 Å². The van der Waals surface area contributed by atoms with Crippen molar-refractivity contribution in [2.75, 3.05) is 19.6 Å². The van der Waals surface area contributed by atoms with Crippen molar-refractivity contribution in [3.05, 3.63) is 29.3 Å². The molecule has 6 rings (SSSR count). The van der Waals surface area contributed by atoms with Crippen LogP contribution in [0.4, 0.5) is 4.79 Å². The van der Waals surface area contributed by atoms with E-state index in [-0.39, 0.29) is 23.6 Å². The van der Waals surface area contributed by atoms with Gasteiger partial charge in [-0.1, -0.05) is 6.07 Å². The number of likely N-dealkylation sites (tertiary alicyclic amines) is 1. The van der Waals surface area contributed by atoms with E-state index in [0.717, 1.165) is 55.6 Å². The maximum absolute atomic E-state index is 12.7. The molecule has 5 fully saturated rings. The third kappa shape index (κ3) is 5.15. The summed E-state index contributed by atoms with van der Waals surface area (Å²) in [5, 5.41) is 6.28. The fourth-order valence-corrected chi connectivity index (χ4v) is 7.19. The van der Waals surface area contributed by atoms with Gasteiger partial charge in [-0.3, -0.25) is 4.79 Å². The molecule has 6 heteroatoms. The van der Waals surface area contributed by atoms with E-state index in [1.165, 1.54) is 30.4 Å². The van der Waals surface area contributed by atoms with Crippen molar-refractivity contribution in [1.82, 2.24) is 15.5 Å². The van der Waals surface area contributed by atoms with Crippen LogP contribution in [0, 0.1) is 31.6 Å². The van der Waals surface area contributed by atoms with Crippen molar-refractivity contribution in [2.24, 2.45) is 17.8 Å². The number of ether oxygens (including phenoxy) is 1. The van der Waals surface area contributed by atoms with Crippen molar-refractivity contribution >= 4 is 11.9 Å². The molecular formula is C27H39N3O3. The molecular weight excluding hydrogens is 414 g/mol. The minimum absolute atomic E-state index is 0.0146. The minimum Gasteiger partial charge on any atom is -0.490 e. The first-order valence-corrected chi connectivity index (χ1v) is 13.0. The number of urea groups is 1. The van der Waals surface area contributed by atoms with Crippen molar-refractivity contribution in [1.29, 1.82) is 0 Å². The van der Waals surface area contributed by atoms with Crippen molar-refractivity contribution < 1.29 is 14.3 Å². The summed E-state index contributed by atoms with van der Waals surface area (Å²) < 4.78 is 6.14. The summed E-state index contributed by atoms with van der Waals surface area (Å²) in [6, 6.07) is 6.12. The Bertz CT molecular complexity index is 855. The normalized spacial score (nSPS) is 30.8. The highest BCUT2D eigenvalue weighted by Crippen LogP contribution is 2.55. The number of benzene rings is 1. The smallest absolute Gasteiger partial charge is 0.315 e. The van der Waals surface area contributed by atoms with Crippen LogP contribution < -0.4 is 15.4 Å². The molecule has 5 aliphatic rings. The molecule has 4 aliphatic carbocycles. The van der Waals surface area contributed by atoms with Crippen LogP contribution in [0.15, 0.2) is 18.2 Å². The summed E-state index contributed by atoms with van der Waals surface area (Å²) in [6.45, 7) is 6.03. The lowest BCUT2D eigenvalue weighted by atomic mass is 9.53. The van der Waals surface area contributed by atoms with Crippen molar-refractivity contribution in [3.63, 3.8) is 0 Å². The summed E-state index contributed by atoms with van der Waals surface area (Å²) in [5.74, 6) is 3.45. The largest absolute Gasteiger partial charge is 0.490 e. The molecule has 4 saturated carbocycles. The Balaban J connectivity index is 1.01. The zero-order valence-electron chi connectivity index (χ0n) is 20.2. The number of nitrogens with zero attached hydrogens (tertiary/aromatic N) is 1. The summed E-state index contributed by atoms with van der Waals surface area (Å²) >= 11 is 0. The molecule has 1 saturated heterocycles. The van der Waals surface area contributed by atoms with Gasteiger partial charge in [0.25, 0.3) is 0 Å². The molecule has 1 heterocycles. The topological polar surface area (TPSA) is 70.7 Å². The van der Waals surface area contributed by atoms with E-state index in [0.29, 0.717) is 26.1 Å². The summed E-state index contributed by atoms with van der Waals surface area (Å²) in [4.78, 5) is 27.1. The van der Waals surface area contributed by atoms with Gasteiger partial charge >= 0.3 is 6.03 Å². The first-order chi connectivity index (χ1) is 15.9. The fraction of sp³-hybridized carbons (Fsp3) is 0.704. The molecule has 180 valence electrons. The molecule has 2 N–H and O–H groups in total. The number of carbonyl (C=O) groups excluding carboxylic acids is 2. The van der Waals surface area contributed by atoms with Gasteiger partial charge in [-0.05, 0) is 93.4 Å². The van der Waals surface area contributed by atoms with Crippen LogP contribution in [0.2, 0.25) is 0 Å². The van der Waals surface area contributed by atoms with E-state index in [9.17, 15) is 9.59 Å². The van der Waals surface area contributed by atoms with Gasteiger partial charge in [-0.15, -0.1) is 0 Å². The average Bonchev–Trinajstić information content (AvgIpc) is 2.75. The number of aryl methyl sites for hydroxylation is 2. The second-order valence-corrected chi connectivity index (χ2v) is 11.3. The number of hydrogen-bond acceptors (Lipinski definition) is 3. The Labute approximate surface area is 197 Å². The molecule has 4 bridgehead atoms. The van der Waals surface area contributed by atoms with Crippen LogP contribution in [0.1, 0.15) is 68.9 Å². The van der Waals surface area contributed by atoms with Crippen LogP contribution in [0.3, 0.4) is 0 Å². The quantitative estimate of drug-likeness (QED) is 0.673. The molecule has 0 aromatic heterocycles. The fourth-order valence-electron chi connectivity index (χ4n) is 7.19. The van der Waals surface area contributed by atoms with Gasteiger partial charge in [0.2, 0.25) is 5.91 Å². The van der Waals surface area contributed by atoms with Crippen LogP contribution in [-0.2, 0) is 4.79 Å². The highest BCUT2D eigenvalue weighted by molar-refractivity contribution is 5.78. The van der Waals surface area contributed by atoms with E-state index in [4.69, 9.17) is 4.74 Å². The molecule has 1 aromatic rings. The number of rotatable bonds is 6. The molecule has 6 nitrogen and oxygen atoms in total. The Hall–Kier alpha value is -2.24. The molecule has 1 aromatic carbocycles. The predicted molar refractivity (Wildman–Crippen MR) is 128 cm³/mol. The summed E-state index contributed by atoms with van der Waals surface area (Å²) in [5.41, 5.74) is 2.52. The second-order valence-electron chi connectivity index (χ2n) is 11.3. The lowest BCUT2D eigenvalue weighted by Gasteiger charge is -2.56. The molecule has 0 spiro atoms. The Morgan fingerprint density at radius 3 is 2.24 bits per heavy atom. The Morgan fingerprint density at radius 2 is 1.64 bits per heavy atom. The molecule has 0 atom stereocenters. The summed E-state index contributed by atoms with van der Waals surface area (Å²) in [7, 11) is 0. The number of hydrogen-bond donors (Lipinski definition) is 2. The highest BCUT2D eigenvalue weighted by atomic mass is 16.5. The number of nitrogens with one attached hydrogen (secondary N) is 2. The molecule has 0 radical (unpaired) electrons. The van der Waals surface area contributed by atoms with E-state index in [2.05, 4.69) is 36.6 Å². The van der Waals surface area contributed by atoms with E-state index in [1.807, 2.05) is 11.0 Å². The van der Waals surface area contributed by atoms with Gasteiger partial charge in [-0.25, -0.2) is 4.79 Å². The zero-order chi connectivity index (χ0) is 23.0. The highest BCUT2D eigenvalue weighted by Gasteiger charge is 2.51. The van der Waals surface area contributed by atoms with E-state index in [1.54, 1.807) is 0 Å². The molecule has 33 heavy (non-hydrogen) atoms. The van der Waals surface area contributed by atoms with E-state index >= 15 is 0 Å². The maximum atomic E-state index is 12.7. The van der Waals surface area contributed by atoms with Crippen LogP contribution in [0.5, 0.6) is 5.75 Å². The maximum Gasteiger partial charge on any atom is 0.315 e. The Morgan fingerprint density at radius 1 is 1.00 bits per heavy atom. The number of carbonyl (C=O) groups is 2. The van der Waals surface area contributed by atoms with E-state index < -0.39 is 0 Å². The first kappa shape index (κ1) is 22.5. The average molecular weight is 454 g/mol. The third-order valence-electron chi connectivity index (χ3n) is 8.62. The third-order valence-corrected chi connectivity index (χ3v) is 8.62. The van der Waals surface area contributed by atoms with Crippen LogP contribution in [-0.4, -0.2) is 48.1 Å². The molecule has 3 amide bonds. The zero-order valence-corrected chi connectivity index (χ0v) is 20.2. The SMILES string of the molecule is Cc1ccc(OC2CCN(C(=O)CCNC(=O)NC34CC5CC(CC(C5)C3)C4)CC2)cc1C. The van der Waals surface area contributed by atoms with Gasteiger partial charge in [-0.2, -0.15) is 0 Å². The van der Waals surface area contributed by atoms with Gasteiger partial charge in [0, 0.05) is 44.4 Å². The lowest BCUT2D eigenvalue weighted by Crippen LogP contribution is -2.61. The first-order valence-electron chi connectivity index (χ1n) is 13.0. The summed E-state index contributed by atoms with van der Waals surface area (Å²) in [6.07, 6.45) is 9.73. The number of amides is 3. The predicted octanol–water partition coefficient (Wildman–Crippen LogP) is 4.33. The van der Waals surface area contributed by atoms with Gasteiger partial charge in [0.1, 0.15) is 11.9 Å². The van der Waals surface area contributed by atoms with Gasteiger partial charge in [0.05, 0.1) is 0 Å². The Kier molecular flexibility index (Phi) is 6.28. The lowest BCUT2D eigenvalue weighted by molar-refractivity contribution is -0.132. The monoisotopic (exact) mass is 453 g/mol. The van der Waals surface area contributed by atoms with Gasteiger partial charge in [0.15, 0.2) is 0 Å². The van der Waals surface area contributed by atoms with Crippen molar-refractivity contribution in [3.8, 4) is 5.75 Å². The second kappa shape index (κ2) is 9.19. The molecule has 0 unspecified atom stereocenters. The van der Waals surface area contributed by atoms with Crippen LogP contribution in [0.25, 0.3) is 0 Å². The minimum atomic E-state index is -0.0924. The van der Waals surface area contributed by atoms with Gasteiger partial charge < -0.3 is 20.3 Å².